The van der Waals surface area contributed by atoms with E-state index < -0.39 is 37.2 Å². The SMILES string of the molecule is CC(C)(C)S(=O)(=O)N1CCc2c(NC(=O)c3ccc(NS(=O)(=O)CCO)cc3N3CCC4(CC3)CC4)cccc21. The predicted octanol–water partition coefficient (Wildman–Crippen LogP) is 3.54. The fourth-order valence-corrected chi connectivity index (χ4v) is 7.84. The first-order chi connectivity index (χ1) is 18.8. The van der Waals surface area contributed by atoms with Gasteiger partial charge in [0.25, 0.3) is 5.91 Å². The average Bonchev–Trinajstić information content (AvgIpc) is 3.47. The lowest BCUT2D eigenvalue weighted by Gasteiger charge is -2.35. The van der Waals surface area contributed by atoms with Crippen LogP contribution in [0.25, 0.3) is 0 Å². The molecule has 1 amide bonds. The van der Waals surface area contributed by atoms with Gasteiger partial charge in [0, 0.05) is 30.9 Å². The molecule has 2 heterocycles. The Kier molecular flexibility index (Phi) is 7.33. The number of sulfonamides is 2. The van der Waals surface area contributed by atoms with E-state index in [1.54, 1.807) is 57.2 Å². The number of hydrogen-bond donors (Lipinski definition) is 3. The number of piperidine rings is 1. The average molecular weight is 591 g/mol. The maximum absolute atomic E-state index is 13.7. The minimum absolute atomic E-state index is 0.311. The van der Waals surface area contributed by atoms with Crippen LogP contribution in [0.4, 0.5) is 22.7 Å². The van der Waals surface area contributed by atoms with Crippen LogP contribution in [0.3, 0.4) is 0 Å². The summed E-state index contributed by atoms with van der Waals surface area (Å²) in [4.78, 5) is 15.8. The van der Waals surface area contributed by atoms with Gasteiger partial charge in [0.2, 0.25) is 20.0 Å². The molecule has 40 heavy (non-hydrogen) atoms. The molecule has 1 aliphatic carbocycles. The minimum atomic E-state index is -3.73. The summed E-state index contributed by atoms with van der Waals surface area (Å²) in [6.45, 7) is 6.38. The number of carbonyl (C=O) groups excluding carboxylic acids is 1. The first kappa shape index (κ1) is 28.7. The zero-order valence-electron chi connectivity index (χ0n) is 23.2. The molecule has 0 atom stereocenters. The first-order valence-corrected chi connectivity index (χ1v) is 16.8. The number of rotatable bonds is 8. The molecule has 1 saturated carbocycles. The molecule has 12 heteroatoms. The molecular formula is C28H38N4O6S2. The molecule has 2 aromatic carbocycles. The lowest BCUT2D eigenvalue weighted by atomic mass is 9.93. The number of hydrogen-bond acceptors (Lipinski definition) is 7. The van der Waals surface area contributed by atoms with Crippen LogP contribution in [-0.2, 0) is 26.5 Å². The zero-order chi connectivity index (χ0) is 28.9. The summed E-state index contributed by atoms with van der Waals surface area (Å²) in [5.74, 6) is -0.769. The van der Waals surface area contributed by atoms with Crippen molar-refractivity contribution in [3.63, 3.8) is 0 Å². The lowest BCUT2D eigenvalue weighted by Crippen LogP contribution is -2.42. The van der Waals surface area contributed by atoms with E-state index >= 15 is 0 Å². The Bertz CT molecular complexity index is 1520. The number of anilines is 4. The Labute approximate surface area is 236 Å². The minimum Gasteiger partial charge on any atom is -0.395 e. The molecule has 218 valence electrons. The number of nitrogens with zero attached hydrogens (tertiary/aromatic N) is 2. The highest BCUT2D eigenvalue weighted by atomic mass is 32.2. The van der Waals surface area contributed by atoms with Crippen molar-refractivity contribution < 1.29 is 26.7 Å². The fraction of sp³-hybridized carbons (Fsp3) is 0.536. The molecule has 1 spiro atoms. The van der Waals surface area contributed by atoms with Crippen LogP contribution >= 0.6 is 0 Å². The number of benzene rings is 2. The van der Waals surface area contributed by atoms with Crippen LogP contribution in [-0.4, -0.2) is 64.6 Å². The highest BCUT2D eigenvalue weighted by Crippen LogP contribution is 2.54. The molecule has 1 saturated heterocycles. The Morgan fingerprint density at radius 3 is 2.30 bits per heavy atom. The normalized spacial score (nSPS) is 18.5. The van der Waals surface area contributed by atoms with Crippen molar-refractivity contribution in [3.8, 4) is 0 Å². The van der Waals surface area contributed by atoms with Crippen LogP contribution in [0.1, 0.15) is 62.4 Å². The maximum Gasteiger partial charge on any atom is 0.257 e. The van der Waals surface area contributed by atoms with Crippen molar-refractivity contribution in [2.24, 2.45) is 5.41 Å². The molecule has 0 bridgehead atoms. The lowest BCUT2D eigenvalue weighted by molar-refractivity contribution is 0.102. The highest BCUT2D eigenvalue weighted by Gasteiger charge is 2.45. The molecule has 3 N–H and O–H groups in total. The van der Waals surface area contributed by atoms with E-state index in [4.69, 9.17) is 5.11 Å². The fourth-order valence-electron chi connectivity index (χ4n) is 5.59. The Morgan fingerprint density at radius 1 is 0.975 bits per heavy atom. The van der Waals surface area contributed by atoms with E-state index in [-0.39, 0.29) is 5.91 Å². The zero-order valence-corrected chi connectivity index (χ0v) is 24.9. The van der Waals surface area contributed by atoms with Crippen LogP contribution in [0.5, 0.6) is 0 Å². The molecule has 0 unspecified atom stereocenters. The van der Waals surface area contributed by atoms with Gasteiger partial charge in [-0.25, -0.2) is 16.8 Å². The van der Waals surface area contributed by atoms with Crippen LogP contribution in [0, 0.1) is 5.41 Å². The topological polar surface area (TPSA) is 136 Å². The second-order valence-corrected chi connectivity index (χ2v) is 16.5. The third kappa shape index (κ3) is 5.53. The summed E-state index contributed by atoms with van der Waals surface area (Å²) in [5, 5.41) is 12.1. The van der Waals surface area contributed by atoms with Crippen molar-refractivity contribution in [1.82, 2.24) is 0 Å². The summed E-state index contributed by atoms with van der Waals surface area (Å²) in [6.07, 6.45) is 5.00. The summed E-state index contributed by atoms with van der Waals surface area (Å²) < 4.78 is 53.9. The predicted molar refractivity (Wildman–Crippen MR) is 158 cm³/mol. The van der Waals surface area contributed by atoms with Crippen molar-refractivity contribution in [2.45, 2.75) is 57.6 Å². The number of fused-ring (bicyclic) bond motifs is 1. The van der Waals surface area contributed by atoms with Crippen molar-refractivity contribution in [3.05, 3.63) is 47.5 Å². The molecule has 5 rings (SSSR count). The van der Waals surface area contributed by atoms with E-state index in [0.717, 1.165) is 31.5 Å². The van der Waals surface area contributed by atoms with E-state index in [9.17, 15) is 21.6 Å². The summed E-state index contributed by atoms with van der Waals surface area (Å²) in [7, 11) is -7.32. The molecule has 2 aliphatic heterocycles. The Hall–Kier alpha value is -2.83. The van der Waals surface area contributed by atoms with E-state index in [1.165, 1.54) is 17.1 Å². The van der Waals surface area contributed by atoms with Gasteiger partial charge in [-0.2, -0.15) is 0 Å². The smallest absolute Gasteiger partial charge is 0.257 e. The Morgan fingerprint density at radius 2 is 1.68 bits per heavy atom. The number of aliphatic hydroxyl groups is 1. The first-order valence-electron chi connectivity index (χ1n) is 13.7. The van der Waals surface area contributed by atoms with Crippen molar-refractivity contribution in [1.29, 1.82) is 0 Å². The van der Waals surface area contributed by atoms with Gasteiger partial charge in [0.15, 0.2) is 0 Å². The molecule has 0 aromatic heterocycles. The summed E-state index contributed by atoms with van der Waals surface area (Å²) in [5.41, 5.74) is 3.70. The largest absolute Gasteiger partial charge is 0.395 e. The number of aliphatic hydroxyl groups excluding tert-OH is 1. The van der Waals surface area contributed by atoms with Crippen molar-refractivity contribution in [2.75, 3.05) is 51.2 Å². The quantitative estimate of drug-likeness (QED) is 0.428. The molecular weight excluding hydrogens is 552 g/mol. The molecule has 10 nitrogen and oxygen atoms in total. The second-order valence-electron chi connectivity index (χ2n) is 12.1. The number of carbonyl (C=O) groups is 1. The number of amides is 1. The van der Waals surface area contributed by atoms with Gasteiger partial charge in [0.05, 0.1) is 39.7 Å². The standard InChI is InChI=1S/C28H38N4O6S2/c1-27(2,3)40(37,38)32-14-9-21-23(5-4-6-24(21)32)29-26(34)22-8-7-20(30-39(35,36)18-17-33)19-25(22)31-15-12-28(10-11-28)13-16-31/h4-8,19,30,33H,9-18H2,1-3H3,(H,29,34). The van der Waals surface area contributed by atoms with E-state index in [0.29, 0.717) is 46.7 Å². The molecule has 0 radical (unpaired) electrons. The monoisotopic (exact) mass is 590 g/mol. The van der Waals surface area contributed by atoms with Gasteiger partial charge < -0.3 is 15.3 Å². The van der Waals surface area contributed by atoms with Crippen LogP contribution in [0.2, 0.25) is 0 Å². The summed E-state index contributed by atoms with van der Waals surface area (Å²) in [6, 6.07) is 10.1. The second kappa shape index (κ2) is 10.2. The van der Waals surface area contributed by atoms with Gasteiger partial charge >= 0.3 is 0 Å². The molecule has 2 aromatic rings. The highest BCUT2D eigenvalue weighted by molar-refractivity contribution is 7.94. The van der Waals surface area contributed by atoms with Crippen LogP contribution < -0.4 is 19.2 Å². The Balaban J connectivity index is 1.44. The number of nitrogens with one attached hydrogen (secondary N) is 2. The maximum atomic E-state index is 13.7. The molecule has 2 fully saturated rings. The van der Waals surface area contributed by atoms with Gasteiger partial charge in [-0.15, -0.1) is 0 Å². The van der Waals surface area contributed by atoms with Crippen molar-refractivity contribution >= 4 is 48.7 Å². The van der Waals surface area contributed by atoms with Gasteiger partial charge in [0.1, 0.15) is 0 Å². The third-order valence-electron chi connectivity index (χ3n) is 8.29. The van der Waals surface area contributed by atoms with Gasteiger partial charge in [-0.1, -0.05) is 6.07 Å². The van der Waals surface area contributed by atoms with Gasteiger partial charge in [-0.3, -0.25) is 13.8 Å². The van der Waals surface area contributed by atoms with Gasteiger partial charge in [-0.05, 0) is 88.6 Å². The van der Waals surface area contributed by atoms with E-state index in [2.05, 4.69) is 14.9 Å². The van der Waals surface area contributed by atoms with E-state index in [1.807, 2.05) is 0 Å². The third-order valence-corrected chi connectivity index (χ3v) is 12.1. The van der Waals surface area contributed by atoms with Crippen LogP contribution in [0.15, 0.2) is 36.4 Å². The molecule has 3 aliphatic rings. The summed E-state index contributed by atoms with van der Waals surface area (Å²) >= 11 is 0.